The molecule has 0 spiro atoms. The van der Waals surface area contributed by atoms with Crippen LogP contribution < -0.4 is 9.47 Å². The molecule has 1 atom stereocenters. The van der Waals surface area contributed by atoms with Gasteiger partial charge in [-0.1, -0.05) is 6.92 Å². The van der Waals surface area contributed by atoms with Crippen LogP contribution in [0.3, 0.4) is 0 Å². The fourth-order valence-corrected chi connectivity index (χ4v) is 2.49. The first kappa shape index (κ1) is 10.6. The van der Waals surface area contributed by atoms with E-state index in [0.29, 0.717) is 0 Å². The monoisotopic (exact) mass is 252 g/mol. The van der Waals surface area contributed by atoms with Crippen LogP contribution in [0.15, 0.2) is 36.7 Å². The maximum absolute atomic E-state index is 5.88. The number of nitrogens with zero attached hydrogens (tertiary/aromatic N) is 2. The van der Waals surface area contributed by atoms with Crippen molar-refractivity contribution in [2.45, 2.75) is 19.6 Å². The van der Waals surface area contributed by atoms with E-state index in [2.05, 4.69) is 9.97 Å². The van der Waals surface area contributed by atoms with Gasteiger partial charge >= 0.3 is 0 Å². The zero-order valence-electron chi connectivity index (χ0n) is 10.5. The van der Waals surface area contributed by atoms with Gasteiger partial charge in [0.25, 0.3) is 0 Å². The predicted molar refractivity (Wildman–Crippen MR) is 72.4 cm³/mol. The Morgan fingerprint density at radius 2 is 1.63 bits per heavy atom. The maximum Gasteiger partial charge on any atom is 0.241 e. The maximum atomic E-state index is 5.88. The Labute approximate surface area is 110 Å². The van der Waals surface area contributed by atoms with Crippen molar-refractivity contribution < 1.29 is 9.47 Å². The van der Waals surface area contributed by atoms with E-state index in [4.69, 9.17) is 9.47 Å². The number of aromatic nitrogens is 2. The predicted octanol–water partition coefficient (Wildman–Crippen LogP) is 3.29. The number of ether oxygens (including phenoxy) is 2. The average Bonchev–Trinajstić information content (AvgIpc) is 2.92. The quantitative estimate of drug-likeness (QED) is 0.623. The Morgan fingerprint density at radius 3 is 2.42 bits per heavy atom. The van der Waals surface area contributed by atoms with Gasteiger partial charge in [-0.2, -0.15) is 0 Å². The van der Waals surface area contributed by atoms with Crippen molar-refractivity contribution in [3.63, 3.8) is 0 Å². The van der Waals surface area contributed by atoms with Crippen molar-refractivity contribution in [3.05, 3.63) is 36.7 Å². The van der Waals surface area contributed by atoms with Crippen molar-refractivity contribution in [2.75, 3.05) is 0 Å². The van der Waals surface area contributed by atoms with E-state index >= 15 is 0 Å². The Bertz CT molecular complexity index is 721. The molecule has 94 valence electrons. The van der Waals surface area contributed by atoms with Gasteiger partial charge < -0.3 is 9.47 Å². The van der Waals surface area contributed by atoms with Crippen molar-refractivity contribution in [2.24, 2.45) is 0 Å². The molecule has 3 aromatic rings. The molecule has 0 bridgehead atoms. The minimum absolute atomic E-state index is 0.231. The number of pyridine rings is 2. The van der Waals surface area contributed by atoms with Crippen LogP contribution >= 0.6 is 0 Å². The Kier molecular flexibility index (Phi) is 2.12. The molecule has 1 aliphatic heterocycles. The van der Waals surface area contributed by atoms with Crippen LogP contribution in [0.1, 0.15) is 13.3 Å². The van der Waals surface area contributed by atoms with Gasteiger partial charge in [0.15, 0.2) is 11.5 Å². The second kappa shape index (κ2) is 3.82. The van der Waals surface area contributed by atoms with Crippen molar-refractivity contribution in [3.8, 4) is 11.5 Å². The minimum atomic E-state index is -0.231. The highest BCUT2D eigenvalue weighted by Crippen LogP contribution is 2.46. The molecule has 1 aromatic carbocycles. The topological polar surface area (TPSA) is 44.2 Å². The lowest BCUT2D eigenvalue weighted by Crippen LogP contribution is -2.15. The second-order valence-electron chi connectivity index (χ2n) is 4.53. The number of benzene rings is 1. The van der Waals surface area contributed by atoms with Gasteiger partial charge in [0.05, 0.1) is 5.52 Å². The highest BCUT2D eigenvalue weighted by Gasteiger charge is 2.28. The Morgan fingerprint density at radius 1 is 0.947 bits per heavy atom. The molecule has 1 aliphatic rings. The van der Waals surface area contributed by atoms with Gasteiger partial charge in [-0.15, -0.1) is 0 Å². The summed E-state index contributed by atoms with van der Waals surface area (Å²) < 4.78 is 11.7. The summed E-state index contributed by atoms with van der Waals surface area (Å²) in [6, 6.07) is 7.85. The molecule has 0 saturated heterocycles. The van der Waals surface area contributed by atoms with Gasteiger partial charge in [-0.25, -0.2) is 0 Å². The van der Waals surface area contributed by atoms with Crippen LogP contribution in [-0.4, -0.2) is 16.3 Å². The molecule has 4 rings (SSSR count). The first-order valence-electron chi connectivity index (χ1n) is 6.37. The molecular weight excluding hydrogens is 240 g/mol. The molecule has 0 radical (unpaired) electrons. The molecular formula is C15H12N2O2. The van der Waals surface area contributed by atoms with Gasteiger partial charge in [0.2, 0.25) is 6.29 Å². The molecule has 0 saturated carbocycles. The van der Waals surface area contributed by atoms with Crippen LogP contribution in [-0.2, 0) is 0 Å². The fourth-order valence-electron chi connectivity index (χ4n) is 2.49. The fraction of sp³-hybridized carbons (Fsp3) is 0.200. The molecule has 0 N–H and O–H groups in total. The van der Waals surface area contributed by atoms with E-state index in [0.717, 1.165) is 39.7 Å². The van der Waals surface area contributed by atoms with Crippen LogP contribution in [0, 0.1) is 0 Å². The number of fused-ring (bicyclic) bond motifs is 6. The van der Waals surface area contributed by atoms with E-state index in [1.807, 2.05) is 31.2 Å². The molecule has 4 heteroatoms. The lowest BCUT2D eigenvalue weighted by molar-refractivity contribution is 0.0477. The molecule has 0 fully saturated rings. The standard InChI is InChI=1S/C15H12N2O2/c1-2-11-18-14-10-6-4-7-16-12(10)9-5-3-8-17-13(9)15(14)19-11/h3-8,11H,2H2,1H3. The molecule has 19 heavy (non-hydrogen) atoms. The zero-order valence-corrected chi connectivity index (χ0v) is 10.5. The van der Waals surface area contributed by atoms with Crippen LogP contribution in [0.2, 0.25) is 0 Å². The van der Waals surface area contributed by atoms with Crippen LogP contribution in [0.25, 0.3) is 21.8 Å². The summed E-state index contributed by atoms with van der Waals surface area (Å²) in [5, 5.41) is 1.98. The highest BCUT2D eigenvalue weighted by molar-refractivity contribution is 6.10. The van der Waals surface area contributed by atoms with Gasteiger partial charge in [0, 0.05) is 29.6 Å². The second-order valence-corrected chi connectivity index (χ2v) is 4.53. The first-order valence-corrected chi connectivity index (χ1v) is 6.37. The smallest absolute Gasteiger partial charge is 0.241 e. The summed E-state index contributed by atoms with van der Waals surface area (Å²) in [7, 11) is 0. The van der Waals surface area contributed by atoms with Crippen molar-refractivity contribution in [1.82, 2.24) is 9.97 Å². The van der Waals surface area contributed by atoms with E-state index in [-0.39, 0.29) is 6.29 Å². The van der Waals surface area contributed by atoms with Crippen molar-refractivity contribution >= 4 is 21.8 Å². The normalized spacial score (nSPS) is 17.2. The third-order valence-electron chi connectivity index (χ3n) is 3.37. The average molecular weight is 252 g/mol. The summed E-state index contributed by atoms with van der Waals surface area (Å²) in [5.74, 6) is 1.50. The van der Waals surface area contributed by atoms with E-state index < -0.39 is 0 Å². The third kappa shape index (κ3) is 1.40. The zero-order chi connectivity index (χ0) is 12.8. The largest absolute Gasteiger partial charge is 0.450 e. The van der Waals surface area contributed by atoms with Crippen molar-refractivity contribution in [1.29, 1.82) is 0 Å². The van der Waals surface area contributed by atoms with Gasteiger partial charge in [-0.3, -0.25) is 9.97 Å². The molecule has 2 aromatic heterocycles. The van der Waals surface area contributed by atoms with E-state index in [1.165, 1.54) is 0 Å². The summed E-state index contributed by atoms with van der Waals surface area (Å²) >= 11 is 0. The summed E-state index contributed by atoms with van der Waals surface area (Å²) in [6.45, 7) is 2.03. The molecule has 1 unspecified atom stereocenters. The lowest BCUT2D eigenvalue weighted by atomic mass is 10.1. The Balaban J connectivity index is 2.17. The molecule has 0 aliphatic carbocycles. The SMILES string of the molecule is CCC1Oc2c(c3ncccc3c3ncccc23)O1. The molecule has 4 nitrogen and oxygen atoms in total. The van der Waals surface area contributed by atoms with Gasteiger partial charge in [-0.05, 0) is 24.3 Å². The van der Waals surface area contributed by atoms with Gasteiger partial charge in [0.1, 0.15) is 5.52 Å². The molecule has 3 heterocycles. The Hall–Kier alpha value is -2.36. The third-order valence-corrected chi connectivity index (χ3v) is 3.37. The number of rotatable bonds is 1. The minimum Gasteiger partial charge on any atom is -0.450 e. The first-order chi connectivity index (χ1) is 9.38. The van der Waals surface area contributed by atoms with E-state index in [1.54, 1.807) is 12.4 Å². The van der Waals surface area contributed by atoms with Crippen LogP contribution in [0.4, 0.5) is 0 Å². The number of hydrogen-bond acceptors (Lipinski definition) is 4. The van der Waals surface area contributed by atoms with Crippen LogP contribution in [0.5, 0.6) is 11.5 Å². The highest BCUT2D eigenvalue weighted by atomic mass is 16.7. The molecule has 0 amide bonds. The lowest BCUT2D eigenvalue weighted by Gasteiger charge is -2.06. The summed E-state index contributed by atoms with van der Waals surface area (Å²) in [5.41, 5.74) is 1.73. The summed E-state index contributed by atoms with van der Waals surface area (Å²) in [4.78, 5) is 8.89. The number of hydrogen-bond donors (Lipinski definition) is 0. The van der Waals surface area contributed by atoms with E-state index in [9.17, 15) is 0 Å². The summed E-state index contributed by atoms with van der Waals surface area (Å²) in [6.07, 6.45) is 4.12.